The van der Waals surface area contributed by atoms with Crippen molar-refractivity contribution in [3.05, 3.63) is 101 Å². The smallest absolute Gasteiger partial charge is 0.416 e. The van der Waals surface area contributed by atoms with Crippen LogP contribution in [0.25, 0.3) is 11.1 Å². The number of alkyl halides is 8. The molecule has 0 amide bonds. The fourth-order valence-electron chi connectivity index (χ4n) is 4.82. The maximum atomic E-state index is 14.3. The molecule has 256 valence electrons. The van der Waals surface area contributed by atoms with E-state index in [2.05, 4.69) is 9.97 Å². The first-order chi connectivity index (χ1) is 22.5. The molecule has 1 heterocycles. The summed E-state index contributed by atoms with van der Waals surface area (Å²) in [5.41, 5.74) is -2.71. The van der Waals surface area contributed by atoms with E-state index in [4.69, 9.17) is 14.6 Å². The second kappa shape index (κ2) is 14.4. The van der Waals surface area contributed by atoms with Gasteiger partial charge in [-0.05, 0) is 59.5 Å². The van der Waals surface area contributed by atoms with Crippen molar-refractivity contribution in [3.8, 4) is 22.6 Å². The van der Waals surface area contributed by atoms with E-state index in [1.807, 2.05) is 0 Å². The van der Waals surface area contributed by atoms with Crippen LogP contribution in [0.4, 0.5) is 41.1 Å². The Kier molecular flexibility index (Phi) is 10.8. The summed E-state index contributed by atoms with van der Waals surface area (Å²) >= 11 is 0. The zero-order valence-corrected chi connectivity index (χ0v) is 25.5. The number of ether oxygens (including phenoxy) is 2. The minimum atomic E-state index is -4.98. The predicted molar refractivity (Wildman–Crippen MR) is 159 cm³/mol. The number of methoxy groups -OCH3 is 1. The topological polar surface area (TPSA) is 84.8 Å². The molecule has 7 nitrogen and oxygen atoms in total. The van der Waals surface area contributed by atoms with E-state index in [0.717, 1.165) is 18.2 Å². The lowest BCUT2D eigenvalue weighted by molar-refractivity contribution is -0.138. The number of rotatable bonds is 13. The molecule has 0 saturated heterocycles. The van der Waals surface area contributed by atoms with Gasteiger partial charge in [-0.2, -0.15) is 26.3 Å². The van der Waals surface area contributed by atoms with Gasteiger partial charge in [0.25, 0.3) is 5.92 Å². The van der Waals surface area contributed by atoms with Gasteiger partial charge in [0.2, 0.25) is 5.95 Å². The monoisotopic (exact) mass is 683 g/mol. The van der Waals surface area contributed by atoms with Gasteiger partial charge in [-0.25, -0.2) is 18.7 Å². The maximum absolute atomic E-state index is 14.3. The number of halogens is 8. The predicted octanol–water partition coefficient (Wildman–Crippen LogP) is 8.75. The molecule has 15 heteroatoms. The van der Waals surface area contributed by atoms with Crippen LogP contribution in [0.3, 0.4) is 0 Å². The summed E-state index contributed by atoms with van der Waals surface area (Å²) in [5.74, 6) is -4.39. The van der Waals surface area contributed by atoms with E-state index < -0.39 is 54.0 Å². The number of carbonyl (C=O) groups is 1. The second-order valence-electron chi connectivity index (χ2n) is 10.8. The lowest BCUT2D eigenvalue weighted by atomic mass is 9.95. The summed E-state index contributed by atoms with van der Waals surface area (Å²) in [6.45, 7) is -0.481. The van der Waals surface area contributed by atoms with Gasteiger partial charge in [-0.1, -0.05) is 24.3 Å². The van der Waals surface area contributed by atoms with Gasteiger partial charge in [0.15, 0.2) is 5.75 Å². The molecule has 0 saturated carbocycles. The van der Waals surface area contributed by atoms with E-state index in [-0.39, 0.29) is 42.3 Å². The number of hydrogen-bond acceptors (Lipinski definition) is 6. The third-order valence-electron chi connectivity index (χ3n) is 7.09. The summed E-state index contributed by atoms with van der Waals surface area (Å²) in [7, 11) is 1.38. The zero-order chi connectivity index (χ0) is 35.3. The van der Waals surface area contributed by atoms with Gasteiger partial charge in [-0.15, -0.1) is 0 Å². The Hall–Kier alpha value is -4.95. The summed E-state index contributed by atoms with van der Waals surface area (Å²) in [4.78, 5) is 20.4. The van der Waals surface area contributed by atoms with Crippen LogP contribution < -0.4 is 14.4 Å². The number of anilines is 1. The first-order valence-electron chi connectivity index (χ1n) is 14.3. The van der Waals surface area contributed by atoms with Gasteiger partial charge in [0, 0.05) is 37.6 Å². The Morgan fingerprint density at radius 2 is 1.46 bits per heavy atom. The van der Waals surface area contributed by atoms with Crippen molar-refractivity contribution in [1.29, 1.82) is 0 Å². The molecule has 1 N–H and O–H groups in total. The second-order valence-corrected chi connectivity index (χ2v) is 10.8. The van der Waals surface area contributed by atoms with Crippen LogP contribution in [-0.4, -0.2) is 34.8 Å². The Labute approximate surface area is 269 Å². The maximum Gasteiger partial charge on any atom is 0.416 e. The zero-order valence-electron chi connectivity index (χ0n) is 25.5. The van der Waals surface area contributed by atoms with Crippen molar-refractivity contribution in [1.82, 2.24) is 9.97 Å². The average molecular weight is 684 g/mol. The molecular formula is C33H29F8N3O4. The molecule has 0 fully saturated rings. The van der Waals surface area contributed by atoms with Crippen molar-refractivity contribution in [3.63, 3.8) is 0 Å². The highest BCUT2D eigenvalue weighted by Gasteiger charge is 2.35. The number of para-hydroxylation sites is 1. The Balaban J connectivity index is 1.83. The van der Waals surface area contributed by atoms with E-state index in [1.165, 1.54) is 30.5 Å². The Bertz CT molecular complexity index is 1690. The fourth-order valence-corrected chi connectivity index (χ4v) is 4.82. The number of nitrogens with zero attached hydrogens (tertiary/aromatic N) is 3. The van der Waals surface area contributed by atoms with E-state index in [9.17, 15) is 39.9 Å². The molecule has 48 heavy (non-hydrogen) atoms. The molecule has 0 unspecified atom stereocenters. The van der Waals surface area contributed by atoms with Crippen LogP contribution in [0.2, 0.25) is 0 Å². The van der Waals surface area contributed by atoms with Crippen LogP contribution in [-0.2, 0) is 36.2 Å². The average Bonchev–Trinajstić information content (AvgIpc) is 3.01. The van der Waals surface area contributed by atoms with Gasteiger partial charge in [0.1, 0.15) is 5.75 Å². The molecular weight excluding hydrogens is 654 g/mol. The summed E-state index contributed by atoms with van der Waals surface area (Å²) in [5, 5.41) is 8.80. The molecule has 3 aromatic carbocycles. The van der Waals surface area contributed by atoms with Gasteiger partial charge in [-0.3, -0.25) is 4.79 Å². The van der Waals surface area contributed by atoms with Crippen LogP contribution in [0.15, 0.2) is 73.1 Å². The number of carboxylic acids is 1. The van der Waals surface area contributed by atoms with Crippen molar-refractivity contribution < 1.29 is 54.5 Å². The highest BCUT2D eigenvalue weighted by Crippen LogP contribution is 2.39. The quantitative estimate of drug-likeness (QED) is 0.111. The minimum Gasteiger partial charge on any atom is -0.496 e. The van der Waals surface area contributed by atoms with E-state index >= 15 is 0 Å². The van der Waals surface area contributed by atoms with Gasteiger partial charge in [0.05, 0.1) is 37.2 Å². The third kappa shape index (κ3) is 9.32. The Morgan fingerprint density at radius 3 is 2.06 bits per heavy atom. The standard InChI is InChI=1S/C33H29F8N3O4/c1-31(34,35)23-12-20(13-24(15-23)33(39,40)41)18-44(30-42-16-25(17-43-30)48-11-5-8-29(45)46)19-21-14-22(32(36,37)38)9-10-26(21)27-6-3-4-7-28(27)47-2/h3-4,6-7,9-10,12-17H,5,8,11,18-19H2,1-2H3,(H,45,46). The molecule has 0 aliphatic rings. The SMILES string of the molecule is COc1ccccc1-c1ccc(C(F)(F)F)cc1CN(Cc1cc(C(C)(F)F)cc(C(F)(F)F)c1)c1ncc(OCCCC(=O)O)cn1. The molecule has 0 aliphatic carbocycles. The molecule has 0 atom stereocenters. The summed E-state index contributed by atoms with van der Waals surface area (Å²) in [6, 6.07) is 11.4. The van der Waals surface area contributed by atoms with Crippen LogP contribution >= 0.6 is 0 Å². The molecule has 0 radical (unpaired) electrons. The minimum absolute atomic E-state index is 0.00344. The molecule has 0 bridgehead atoms. The normalized spacial score (nSPS) is 12.1. The van der Waals surface area contributed by atoms with Crippen LogP contribution in [0.1, 0.15) is 47.6 Å². The summed E-state index contributed by atoms with van der Waals surface area (Å²) < 4.78 is 123. The number of aromatic nitrogens is 2. The first kappa shape index (κ1) is 35.9. The van der Waals surface area contributed by atoms with Gasteiger partial charge < -0.3 is 19.5 Å². The van der Waals surface area contributed by atoms with Crippen LogP contribution in [0.5, 0.6) is 11.5 Å². The van der Waals surface area contributed by atoms with Crippen molar-refractivity contribution in [2.75, 3.05) is 18.6 Å². The molecule has 4 rings (SSSR count). The van der Waals surface area contributed by atoms with E-state index in [0.29, 0.717) is 35.9 Å². The van der Waals surface area contributed by atoms with E-state index in [1.54, 1.807) is 24.3 Å². The highest BCUT2D eigenvalue weighted by atomic mass is 19.4. The third-order valence-corrected chi connectivity index (χ3v) is 7.09. The largest absolute Gasteiger partial charge is 0.496 e. The van der Waals surface area contributed by atoms with Crippen molar-refractivity contribution >= 4 is 11.9 Å². The highest BCUT2D eigenvalue weighted by molar-refractivity contribution is 5.74. The lowest BCUT2D eigenvalue weighted by Gasteiger charge is -2.26. The molecule has 0 aliphatic heterocycles. The van der Waals surface area contributed by atoms with Gasteiger partial charge >= 0.3 is 18.3 Å². The molecule has 0 spiro atoms. The molecule has 4 aromatic rings. The molecule has 1 aromatic heterocycles. The van der Waals surface area contributed by atoms with Crippen molar-refractivity contribution in [2.24, 2.45) is 0 Å². The Morgan fingerprint density at radius 1 is 0.812 bits per heavy atom. The fraction of sp³-hybridized carbons (Fsp3) is 0.303. The number of aliphatic carboxylic acids is 1. The number of carboxylic acid groups (broad SMARTS) is 1. The number of benzene rings is 3. The van der Waals surface area contributed by atoms with Crippen LogP contribution in [0, 0.1) is 0 Å². The first-order valence-corrected chi connectivity index (χ1v) is 14.3. The number of hydrogen-bond donors (Lipinski definition) is 1. The summed E-state index contributed by atoms with van der Waals surface area (Å²) in [6.07, 6.45) is -7.33. The lowest BCUT2D eigenvalue weighted by Crippen LogP contribution is -2.26. The van der Waals surface area contributed by atoms with Crippen molar-refractivity contribution in [2.45, 2.75) is 51.1 Å².